The van der Waals surface area contributed by atoms with E-state index in [2.05, 4.69) is 11.3 Å². The number of hydrogen-bond acceptors (Lipinski definition) is 7. The Labute approximate surface area is 166 Å². The summed E-state index contributed by atoms with van der Waals surface area (Å²) < 4.78 is 11.4. The van der Waals surface area contributed by atoms with E-state index in [0.717, 1.165) is 31.0 Å². The Morgan fingerprint density at radius 1 is 1.14 bits per heavy atom. The summed E-state index contributed by atoms with van der Waals surface area (Å²) in [7, 11) is 1.11. The largest absolute Gasteiger partial charge is 0.465 e. The molecule has 29 heavy (non-hydrogen) atoms. The average Bonchev–Trinajstić information content (AvgIpc) is 2.99. The number of methoxy groups -OCH3 is 1. The SMILES string of the molecule is C=CCn1c(C)cc(C(=O)COC(=O)c2cc(C(=O)OC)cc([N+](=O)[O-])c2)c1C. The van der Waals surface area contributed by atoms with E-state index in [4.69, 9.17) is 4.74 Å². The van der Waals surface area contributed by atoms with Crippen molar-refractivity contribution in [2.75, 3.05) is 13.7 Å². The summed E-state index contributed by atoms with van der Waals surface area (Å²) in [5, 5.41) is 11.1. The van der Waals surface area contributed by atoms with E-state index in [1.165, 1.54) is 0 Å². The Kier molecular flexibility index (Phi) is 6.66. The molecule has 0 bridgehead atoms. The zero-order chi connectivity index (χ0) is 21.7. The second-order valence-corrected chi connectivity index (χ2v) is 6.20. The van der Waals surface area contributed by atoms with Gasteiger partial charge in [-0.2, -0.15) is 0 Å². The fraction of sp³-hybridized carbons (Fsp3) is 0.250. The number of non-ortho nitro benzene ring substituents is 1. The number of esters is 2. The number of benzene rings is 1. The molecule has 0 fully saturated rings. The van der Waals surface area contributed by atoms with Gasteiger partial charge in [0, 0.05) is 35.6 Å². The van der Waals surface area contributed by atoms with Crippen LogP contribution < -0.4 is 0 Å². The quantitative estimate of drug-likeness (QED) is 0.220. The maximum Gasteiger partial charge on any atom is 0.338 e. The molecule has 1 aromatic heterocycles. The lowest BCUT2D eigenvalue weighted by atomic mass is 10.1. The highest BCUT2D eigenvalue weighted by atomic mass is 16.6. The molecule has 1 heterocycles. The molecule has 1 aromatic carbocycles. The van der Waals surface area contributed by atoms with E-state index in [-0.39, 0.29) is 11.1 Å². The molecule has 0 unspecified atom stereocenters. The summed E-state index contributed by atoms with van der Waals surface area (Å²) in [5.74, 6) is -2.22. The molecule has 0 N–H and O–H groups in total. The van der Waals surface area contributed by atoms with Crippen molar-refractivity contribution in [1.82, 2.24) is 4.57 Å². The van der Waals surface area contributed by atoms with Gasteiger partial charge in [-0.1, -0.05) is 6.08 Å². The lowest BCUT2D eigenvalue weighted by Crippen LogP contribution is -2.16. The van der Waals surface area contributed by atoms with Crippen LogP contribution >= 0.6 is 0 Å². The molecular formula is C20H20N2O7. The lowest BCUT2D eigenvalue weighted by molar-refractivity contribution is -0.384. The normalized spacial score (nSPS) is 10.3. The molecule has 0 aliphatic heterocycles. The number of nitro groups is 1. The Hall–Kier alpha value is -3.75. The van der Waals surface area contributed by atoms with Crippen LogP contribution in [0.1, 0.15) is 42.5 Å². The summed E-state index contributed by atoms with van der Waals surface area (Å²) in [6, 6.07) is 4.76. The number of hydrogen-bond donors (Lipinski definition) is 0. The first kappa shape index (κ1) is 21.5. The van der Waals surface area contributed by atoms with Gasteiger partial charge in [0.15, 0.2) is 6.61 Å². The minimum atomic E-state index is -0.966. The first-order valence-electron chi connectivity index (χ1n) is 8.55. The molecule has 9 nitrogen and oxygen atoms in total. The van der Waals surface area contributed by atoms with Crippen molar-refractivity contribution in [3.63, 3.8) is 0 Å². The molecule has 0 saturated carbocycles. The Balaban J connectivity index is 2.20. The Bertz CT molecular complexity index is 1000. The van der Waals surface area contributed by atoms with Gasteiger partial charge in [-0.3, -0.25) is 14.9 Å². The van der Waals surface area contributed by atoms with Crippen molar-refractivity contribution in [2.24, 2.45) is 0 Å². The molecule has 0 atom stereocenters. The topological polar surface area (TPSA) is 118 Å². The number of rotatable bonds is 8. The molecule has 0 aliphatic rings. The van der Waals surface area contributed by atoms with Crippen molar-refractivity contribution in [3.8, 4) is 0 Å². The number of nitro benzene ring substituents is 1. The number of aromatic nitrogens is 1. The van der Waals surface area contributed by atoms with Gasteiger partial charge in [-0.25, -0.2) is 9.59 Å². The highest BCUT2D eigenvalue weighted by Crippen LogP contribution is 2.20. The standard InChI is InChI=1S/C20H20N2O7/c1-5-6-21-12(2)7-17(13(21)3)18(23)11-29-20(25)15-8-14(19(24)28-4)9-16(10-15)22(26)27/h5,7-10H,1,6,11H2,2-4H3. The average molecular weight is 400 g/mol. The third-order valence-corrected chi connectivity index (χ3v) is 4.31. The van der Waals surface area contributed by atoms with Crippen LogP contribution in [0.15, 0.2) is 36.9 Å². The van der Waals surface area contributed by atoms with Crippen molar-refractivity contribution in [3.05, 3.63) is 75.1 Å². The molecule has 2 rings (SSSR count). The second-order valence-electron chi connectivity index (χ2n) is 6.20. The first-order valence-corrected chi connectivity index (χ1v) is 8.55. The Morgan fingerprint density at radius 3 is 2.31 bits per heavy atom. The van der Waals surface area contributed by atoms with Gasteiger partial charge >= 0.3 is 11.9 Å². The van der Waals surface area contributed by atoms with Gasteiger partial charge in [-0.15, -0.1) is 6.58 Å². The van der Waals surface area contributed by atoms with Crippen LogP contribution in [0, 0.1) is 24.0 Å². The summed E-state index contributed by atoms with van der Waals surface area (Å²) in [6.45, 7) is 7.28. The van der Waals surface area contributed by atoms with Crippen LogP contribution in [0.2, 0.25) is 0 Å². The number of ether oxygens (including phenoxy) is 2. The summed E-state index contributed by atoms with van der Waals surface area (Å²) in [6.07, 6.45) is 1.70. The smallest absolute Gasteiger partial charge is 0.338 e. The van der Waals surface area contributed by atoms with E-state index in [1.54, 1.807) is 19.1 Å². The van der Waals surface area contributed by atoms with Crippen LogP contribution in [0.5, 0.6) is 0 Å². The fourth-order valence-corrected chi connectivity index (χ4v) is 2.86. The number of allylic oxidation sites excluding steroid dienone is 1. The van der Waals surface area contributed by atoms with Crippen LogP contribution in [-0.2, 0) is 16.0 Å². The second kappa shape index (κ2) is 8.96. The van der Waals surface area contributed by atoms with Crippen molar-refractivity contribution in [2.45, 2.75) is 20.4 Å². The summed E-state index contributed by atoms with van der Waals surface area (Å²) in [5.41, 5.74) is 1.10. The van der Waals surface area contributed by atoms with Gasteiger partial charge in [0.1, 0.15) is 0 Å². The molecule has 0 amide bonds. The van der Waals surface area contributed by atoms with Gasteiger partial charge < -0.3 is 14.0 Å². The minimum Gasteiger partial charge on any atom is -0.465 e. The van der Waals surface area contributed by atoms with Gasteiger partial charge in [0.2, 0.25) is 5.78 Å². The van der Waals surface area contributed by atoms with Gasteiger partial charge in [-0.05, 0) is 26.0 Å². The number of carbonyl (C=O) groups is 3. The van der Waals surface area contributed by atoms with Crippen LogP contribution in [0.3, 0.4) is 0 Å². The summed E-state index contributed by atoms with van der Waals surface area (Å²) in [4.78, 5) is 46.8. The number of nitrogens with zero attached hydrogens (tertiary/aromatic N) is 2. The number of aryl methyl sites for hydroxylation is 1. The highest BCUT2D eigenvalue weighted by Gasteiger charge is 2.21. The molecule has 152 valence electrons. The van der Waals surface area contributed by atoms with Gasteiger partial charge in [0.25, 0.3) is 5.69 Å². The monoisotopic (exact) mass is 400 g/mol. The zero-order valence-corrected chi connectivity index (χ0v) is 16.3. The molecule has 0 spiro atoms. The first-order chi connectivity index (χ1) is 13.7. The van der Waals surface area contributed by atoms with Crippen molar-refractivity contribution >= 4 is 23.4 Å². The molecule has 0 saturated heterocycles. The van der Waals surface area contributed by atoms with Gasteiger partial charge in [0.05, 0.1) is 23.2 Å². The highest BCUT2D eigenvalue weighted by molar-refractivity contribution is 6.01. The maximum absolute atomic E-state index is 12.5. The predicted molar refractivity (Wildman–Crippen MR) is 103 cm³/mol. The molecule has 9 heteroatoms. The van der Waals surface area contributed by atoms with E-state index >= 15 is 0 Å². The minimum absolute atomic E-state index is 0.173. The predicted octanol–water partition coefficient (Wildman–Crippen LogP) is 3.03. The van der Waals surface area contributed by atoms with E-state index in [1.807, 2.05) is 11.5 Å². The van der Waals surface area contributed by atoms with Crippen LogP contribution in [-0.4, -0.2) is 40.9 Å². The zero-order valence-electron chi connectivity index (χ0n) is 16.3. The fourth-order valence-electron chi connectivity index (χ4n) is 2.86. The van der Waals surface area contributed by atoms with E-state index < -0.39 is 34.9 Å². The molecule has 0 aliphatic carbocycles. The number of Topliss-reactive ketones (excluding diaryl/α,β-unsaturated/α-hetero) is 1. The van der Waals surface area contributed by atoms with Crippen LogP contribution in [0.25, 0.3) is 0 Å². The Morgan fingerprint density at radius 2 is 1.76 bits per heavy atom. The van der Waals surface area contributed by atoms with Crippen LogP contribution in [0.4, 0.5) is 5.69 Å². The molecule has 2 aromatic rings. The third kappa shape index (κ3) is 4.75. The third-order valence-electron chi connectivity index (χ3n) is 4.31. The lowest BCUT2D eigenvalue weighted by Gasteiger charge is -2.07. The number of carbonyl (C=O) groups excluding carboxylic acids is 3. The van der Waals surface area contributed by atoms with Crippen molar-refractivity contribution in [1.29, 1.82) is 0 Å². The summed E-state index contributed by atoms with van der Waals surface area (Å²) >= 11 is 0. The molecule has 0 radical (unpaired) electrons. The molecular weight excluding hydrogens is 380 g/mol. The number of ketones is 1. The van der Waals surface area contributed by atoms with Crippen molar-refractivity contribution < 1.29 is 28.8 Å². The maximum atomic E-state index is 12.5. The van der Waals surface area contributed by atoms with E-state index in [9.17, 15) is 24.5 Å². The van der Waals surface area contributed by atoms with E-state index in [0.29, 0.717) is 17.8 Å².